The zero-order valence-corrected chi connectivity index (χ0v) is 10.2. The summed E-state index contributed by atoms with van der Waals surface area (Å²) in [6.07, 6.45) is 4.10. The third kappa shape index (κ3) is 2.85. The van der Waals surface area contributed by atoms with E-state index in [1.54, 1.807) is 24.1 Å². The second kappa shape index (κ2) is 5.44. The fourth-order valence-corrected chi connectivity index (χ4v) is 1.63. The normalized spacial score (nSPS) is 10.5. The lowest BCUT2D eigenvalue weighted by Gasteiger charge is -2.19. The summed E-state index contributed by atoms with van der Waals surface area (Å²) in [6, 6.07) is 5.20. The summed E-state index contributed by atoms with van der Waals surface area (Å²) in [4.78, 5) is 9.56. The van der Waals surface area contributed by atoms with Crippen LogP contribution in [-0.2, 0) is 6.54 Å². The van der Waals surface area contributed by atoms with E-state index in [9.17, 15) is 8.78 Å². The van der Waals surface area contributed by atoms with E-state index in [0.29, 0.717) is 5.69 Å². The van der Waals surface area contributed by atoms with E-state index in [1.165, 1.54) is 18.6 Å². The van der Waals surface area contributed by atoms with E-state index in [4.69, 9.17) is 5.26 Å². The monoisotopic (exact) mass is 263 g/mol. The number of nitrogens with zero attached hydrogens (tertiary/aromatic N) is 5. The lowest BCUT2D eigenvalue weighted by molar-refractivity contribution is 0.0670. The van der Waals surface area contributed by atoms with Crippen LogP contribution >= 0.6 is 0 Å². The van der Waals surface area contributed by atoms with Gasteiger partial charge in [0.25, 0.3) is 0 Å². The Balaban J connectivity index is 2.14. The Labute approximate surface area is 108 Å². The average molecular weight is 263 g/mol. The van der Waals surface area contributed by atoms with Gasteiger partial charge < -0.3 is 4.90 Å². The number of aromatic nitrogens is 3. The number of pyridine rings is 1. The molecule has 0 saturated carbocycles. The number of hydrogen-bond acceptors (Lipinski definition) is 4. The minimum atomic E-state index is -2.61. The van der Waals surface area contributed by atoms with Crippen molar-refractivity contribution in [3.63, 3.8) is 0 Å². The van der Waals surface area contributed by atoms with Gasteiger partial charge in [-0.2, -0.15) is 14.0 Å². The molecule has 0 unspecified atom stereocenters. The zero-order valence-electron chi connectivity index (χ0n) is 10.2. The maximum absolute atomic E-state index is 12.7. The summed E-state index contributed by atoms with van der Waals surface area (Å²) < 4.78 is 26.2. The van der Waals surface area contributed by atoms with Crippen LogP contribution in [0.3, 0.4) is 0 Å². The van der Waals surface area contributed by atoms with Gasteiger partial charge in [0.05, 0.1) is 18.4 Å². The molecule has 2 heterocycles. The highest BCUT2D eigenvalue weighted by molar-refractivity contribution is 5.45. The molecule has 0 amide bonds. The molecule has 0 saturated heterocycles. The Bertz CT molecular complexity index is 585. The van der Waals surface area contributed by atoms with Crippen molar-refractivity contribution in [2.45, 2.75) is 13.1 Å². The third-order valence-electron chi connectivity index (χ3n) is 2.64. The minimum absolute atomic E-state index is 0.227. The Morgan fingerprint density at radius 3 is 2.79 bits per heavy atom. The highest BCUT2D eigenvalue weighted by Crippen LogP contribution is 2.17. The van der Waals surface area contributed by atoms with Crippen LogP contribution in [0.25, 0.3) is 0 Å². The van der Waals surface area contributed by atoms with Crippen LogP contribution in [0.1, 0.15) is 18.1 Å². The number of nitriles is 1. The molecule has 19 heavy (non-hydrogen) atoms. The average Bonchev–Trinajstić information content (AvgIpc) is 2.87. The van der Waals surface area contributed by atoms with Gasteiger partial charge in [-0.1, -0.05) is 0 Å². The van der Waals surface area contributed by atoms with Crippen molar-refractivity contribution in [2.75, 3.05) is 11.9 Å². The Kier molecular flexibility index (Phi) is 3.71. The molecule has 0 aliphatic heterocycles. The molecular weight excluding hydrogens is 252 g/mol. The molecule has 0 N–H and O–H groups in total. The van der Waals surface area contributed by atoms with Crippen molar-refractivity contribution < 1.29 is 8.78 Å². The highest BCUT2D eigenvalue weighted by Gasteiger charge is 2.13. The topological polar surface area (TPSA) is 57.7 Å². The maximum atomic E-state index is 12.7. The van der Waals surface area contributed by atoms with Crippen LogP contribution in [-0.4, -0.2) is 21.6 Å². The van der Waals surface area contributed by atoms with Gasteiger partial charge in [0.15, 0.2) is 0 Å². The van der Waals surface area contributed by atoms with Crippen LogP contribution in [0.4, 0.5) is 14.5 Å². The molecule has 98 valence electrons. The first-order valence-corrected chi connectivity index (χ1v) is 5.49. The summed E-state index contributed by atoms with van der Waals surface area (Å²) in [5.41, 5.74) is 1.04. The number of halogens is 2. The standard InChI is InChI=1S/C12H11F2N5/c1-18(10-3-2-9(6-15)17-7-10)8-11-16-4-5-19(11)12(13)14/h2-5,7,12H,8H2,1H3. The first-order valence-electron chi connectivity index (χ1n) is 5.49. The molecule has 2 aromatic rings. The number of rotatable bonds is 4. The fourth-order valence-electron chi connectivity index (χ4n) is 1.63. The van der Waals surface area contributed by atoms with Crippen molar-refractivity contribution in [1.82, 2.24) is 14.5 Å². The minimum Gasteiger partial charge on any atom is -0.366 e. The van der Waals surface area contributed by atoms with E-state index < -0.39 is 6.55 Å². The Morgan fingerprint density at radius 1 is 1.42 bits per heavy atom. The van der Waals surface area contributed by atoms with E-state index in [1.807, 2.05) is 6.07 Å². The van der Waals surface area contributed by atoms with Crippen molar-refractivity contribution in [3.8, 4) is 6.07 Å². The van der Waals surface area contributed by atoms with Crippen LogP contribution < -0.4 is 4.90 Å². The van der Waals surface area contributed by atoms with Gasteiger partial charge >= 0.3 is 6.55 Å². The predicted octanol–water partition coefficient (Wildman–Crippen LogP) is 2.18. The number of imidazole rings is 1. The molecule has 0 aliphatic carbocycles. The van der Waals surface area contributed by atoms with Crippen molar-refractivity contribution in [1.29, 1.82) is 5.26 Å². The van der Waals surface area contributed by atoms with E-state index in [-0.39, 0.29) is 12.4 Å². The van der Waals surface area contributed by atoms with Gasteiger partial charge in [-0.15, -0.1) is 0 Å². The lowest BCUT2D eigenvalue weighted by Crippen LogP contribution is -2.20. The van der Waals surface area contributed by atoms with E-state index in [2.05, 4.69) is 9.97 Å². The second-order valence-corrected chi connectivity index (χ2v) is 3.90. The molecule has 2 rings (SSSR count). The number of alkyl halides is 2. The van der Waals surface area contributed by atoms with Gasteiger partial charge in [0.1, 0.15) is 17.6 Å². The Hall–Kier alpha value is -2.49. The SMILES string of the molecule is CN(Cc1nccn1C(F)F)c1ccc(C#N)nc1. The molecule has 0 atom stereocenters. The largest absolute Gasteiger partial charge is 0.366 e. The molecular formula is C12H11F2N5. The van der Waals surface area contributed by atoms with Crippen molar-refractivity contribution in [3.05, 3.63) is 42.2 Å². The molecule has 0 radical (unpaired) electrons. The molecule has 0 spiro atoms. The van der Waals surface area contributed by atoms with Gasteiger partial charge in [-0.25, -0.2) is 9.97 Å². The fraction of sp³-hybridized carbons (Fsp3) is 0.250. The molecule has 0 fully saturated rings. The predicted molar refractivity (Wildman–Crippen MR) is 64.5 cm³/mol. The Morgan fingerprint density at radius 2 is 2.21 bits per heavy atom. The highest BCUT2D eigenvalue weighted by atomic mass is 19.3. The maximum Gasteiger partial charge on any atom is 0.319 e. The number of anilines is 1. The smallest absolute Gasteiger partial charge is 0.319 e. The summed E-state index contributed by atoms with van der Waals surface area (Å²) in [6.45, 7) is -2.38. The third-order valence-corrected chi connectivity index (χ3v) is 2.64. The first-order chi connectivity index (χ1) is 9.11. The molecule has 0 aromatic carbocycles. The summed E-state index contributed by atoms with van der Waals surface area (Å²) in [5.74, 6) is 0.266. The van der Waals surface area contributed by atoms with Crippen LogP contribution in [0, 0.1) is 11.3 Å². The van der Waals surface area contributed by atoms with Crippen LogP contribution in [0.15, 0.2) is 30.7 Å². The quantitative estimate of drug-likeness (QED) is 0.848. The van der Waals surface area contributed by atoms with Crippen LogP contribution in [0.2, 0.25) is 0 Å². The van der Waals surface area contributed by atoms with E-state index in [0.717, 1.165) is 10.3 Å². The molecule has 0 bridgehead atoms. The van der Waals surface area contributed by atoms with Crippen molar-refractivity contribution in [2.24, 2.45) is 0 Å². The van der Waals surface area contributed by atoms with E-state index >= 15 is 0 Å². The van der Waals surface area contributed by atoms with Gasteiger partial charge in [0, 0.05) is 19.4 Å². The summed E-state index contributed by atoms with van der Waals surface area (Å²) >= 11 is 0. The summed E-state index contributed by atoms with van der Waals surface area (Å²) in [7, 11) is 1.74. The van der Waals surface area contributed by atoms with Gasteiger partial charge in [-0.3, -0.25) is 4.57 Å². The molecule has 5 nitrogen and oxygen atoms in total. The zero-order chi connectivity index (χ0) is 13.8. The molecule has 0 aliphatic rings. The van der Waals surface area contributed by atoms with Crippen molar-refractivity contribution >= 4 is 5.69 Å². The van der Waals surface area contributed by atoms with Gasteiger partial charge in [-0.05, 0) is 12.1 Å². The second-order valence-electron chi connectivity index (χ2n) is 3.90. The number of hydrogen-bond donors (Lipinski definition) is 0. The first kappa shape index (κ1) is 13.0. The van der Waals surface area contributed by atoms with Gasteiger partial charge in [0.2, 0.25) is 0 Å². The summed E-state index contributed by atoms with van der Waals surface area (Å²) in [5, 5.41) is 8.65. The molecule has 2 aromatic heterocycles. The molecule has 7 heteroatoms. The van der Waals surface area contributed by atoms with Crippen LogP contribution in [0.5, 0.6) is 0 Å². The lowest BCUT2D eigenvalue weighted by atomic mass is 10.3.